The molecule has 0 radical (unpaired) electrons. The third-order valence-corrected chi connectivity index (χ3v) is 4.35. The van der Waals surface area contributed by atoms with E-state index in [2.05, 4.69) is 0 Å². The zero-order valence-corrected chi connectivity index (χ0v) is 15.1. The van der Waals surface area contributed by atoms with Crippen molar-refractivity contribution in [1.82, 2.24) is 14.0 Å². The predicted molar refractivity (Wildman–Crippen MR) is 97.4 cm³/mol. The SMILES string of the molecule is O=C(Cn1c(=O)ccn(Cc2ccccc2)c1=O)OCC(=O)N1CCCC1=O. The zero-order chi connectivity index (χ0) is 20.1. The molecule has 146 valence electrons. The average Bonchev–Trinajstić information content (AvgIpc) is 3.12. The quantitative estimate of drug-likeness (QED) is 0.635. The first kappa shape index (κ1) is 19.3. The van der Waals surface area contributed by atoms with E-state index in [1.54, 1.807) is 0 Å². The summed E-state index contributed by atoms with van der Waals surface area (Å²) in [7, 11) is 0. The first-order valence-electron chi connectivity index (χ1n) is 8.79. The van der Waals surface area contributed by atoms with Crippen molar-refractivity contribution in [2.75, 3.05) is 13.2 Å². The summed E-state index contributed by atoms with van der Waals surface area (Å²) in [5, 5.41) is 0. The molecular weight excluding hydrogens is 366 g/mol. The molecule has 2 aromatic rings. The Labute approximate surface area is 159 Å². The number of hydrogen-bond acceptors (Lipinski definition) is 6. The minimum Gasteiger partial charge on any atom is -0.454 e. The van der Waals surface area contributed by atoms with Crippen LogP contribution >= 0.6 is 0 Å². The van der Waals surface area contributed by atoms with Gasteiger partial charge >= 0.3 is 11.7 Å². The normalized spacial score (nSPS) is 13.6. The Balaban J connectivity index is 1.66. The van der Waals surface area contributed by atoms with Crippen molar-refractivity contribution in [2.45, 2.75) is 25.9 Å². The predicted octanol–water partition coefficient (Wildman–Crippen LogP) is -0.250. The molecule has 1 fully saturated rings. The van der Waals surface area contributed by atoms with Gasteiger partial charge in [0.2, 0.25) is 5.91 Å². The van der Waals surface area contributed by atoms with Crippen LogP contribution in [0.2, 0.25) is 0 Å². The molecule has 0 saturated carbocycles. The van der Waals surface area contributed by atoms with Gasteiger partial charge < -0.3 is 4.74 Å². The monoisotopic (exact) mass is 385 g/mol. The molecule has 2 amide bonds. The van der Waals surface area contributed by atoms with Gasteiger partial charge in [0.25, 0.3) is 11.5 Å². The van der Waals surface area contributed by atoms with E-state index in [0.29, 0.717) is 19.4 Å². The number of hydrogen-bond donors (Lipinski definition) is 0. The maximum atomic E-state index is 12.5. The Bertz CT molecular complexity index is 1010. The van der Waals surface area contributed by atoms with E-state index in [-0.39, 0.29) is 12.5 Å². The van der Waals surface area contributed by atoms with Crippen LogP contribution in [0.4, 0.5) is 0 Å². The first-order valence-corrected chi connectivity index (χ1v) is 8.79. The molecule has 1 aromatic heterocycles. The van der Waals surface area contributed by atoms with Gasteiger partial charge in [-0.3, -0.25) is 28.6 Å². The number of rotatable bonds is 6. The molecule has 3 rings (SSSR count). The van der Waals surface area contributed by atoms with Crippen LogP contribution in [0.25, 0.3) is 0 Å². The largest absolute Gasteiger partial charge is 0.454 e. The van der Waals surface area contributed by atoms with E-state index in [0.717, 1.165) is 15.0 Å². The summed E-state index contributed by atoms with van der Waals surface area (Å²) in [4.78, 5) is 60.9. The van der Waals surface area contributed by atoms with Gasteiger partial charge in [0.15, 0.2) is 6.61 Å². The fraction of sp³-hybridized carbons (Fsp3) is 0.316. The Morgan fingerprint density at radius 3 is 2.46 bits per heavy atom. The van der Waals surface area contributed by atoms with E-state index in [4.69, 9.17) is 4.74 Å². The van der Waals surface area contributed by atoms with Crippen molar-refractivity contribution in [1.29, 1.82) is 0 Å². The molecule has 0 unspecified atom stereocenters. The number of imide groups is 1. The molecule has 0 aliphatic carbocycles. The number of aromatic nitrogens is 2. The minimum absolute atomic E-state index is 0.241. The summed E-state index contributed by atoms with van der Waals surface area (Å²) in [6.07, 6.45) is 2.24. The van der Waals surface area contributed by atoms with Gasteiger partial charge in [-0.2, -0.15) is 0 Å². The van der Waals surface area contributed by atoms with Crippen molar-refractivity contribution < 1.29 is 19.1 Å². The number of likely N-dealkylation sites (tertiary alicyclic amines) is 1. The molecule has 1 aromatic carbocycles. The van der Waals surface area contributed by atoms with Gasteiger partial charge in [0.1, 0.15) is 6.54 Å². The molecule has 9 nitrogen and oxygen atoms in total. The zero-order valence-electron chi connectivity index (χ0n) is 15.1. The van der Waals surface area contributed by atoms with Gasteiger partial charge in [-0.05, 0) is 12.0 Å². The molecular formula is C19H19N3O6. The summed E-state index contributed by atoms with van der Waals surface area (Å²) < 4.78 is 6.90. The Kier molecular flexibility index (Phi) is 5.83. The van der Waals surface area contributed by atoms with E-state index < -0.39 is 36.3 Å². The van der Waals surface area contributed by atoms with Crippen LogP contribution in [-0.4, -0.2) is 45.0 Å². The number of carbonyl (C=O) groups excluding carboxylic acids is 3. The lowest BCUT2D eigenvalue weighted by Gasteiger charge is -2.14. The molecule has 0 N–H and O–H groups in total. The van der Waals surface area contributed by atoms with Crippen LogP contribution in [0.5, 0.6) is 0 Å². The molecule has 0 spiro atoms. The van der Waals surface area contributed by atoms with Crippen molar-refractivity contribution in [3.63, 3.8) is 0 Å². The van der Waals surface area contributed by atoms with Crippen molar-refractivity contribution in [3.8, 4) is 0 Å². The van der Waals surface area contributed by atoms with Crippen LogP contribution in [-0.2, 0) is 32.2 Å². The van der Waals surface area contributed by atoms with Crippen LogP contribution in [0.15, 0.2) is 52.2 Å². The second kappa shape index (κ2) is 8.47. The highest BCUT2D eigenvalue weighted by atomic mass is 16.5. The third-order valence-electron chi connectivity index (χ3n) is 4.35. The lowest BCUT2D eigenvalue weighted by molar-refractivity contribution is -0.155. The summed E-state index contributed by atoms with van der Waals surface area (Å²) in [5.41, 5.74) is -0.445. The number of ether oxygens (including phenoxy) is 1. The number of nitrogens with zero attached hydrogens (tertiary/aromatic N) is 3. The van der Waals surface area contributed by atoms with Crippen molar-refractivity contribution in [2.24, 2.45) is 0 Å². The van der Waals surface area contributed by atoms with Crippen molar-refractivity contribution in [3.05, 3.63) is 69.0 Å². The molecule has 0 atom stereocenters. The molecule has 9 heteroatoms. The van der Waals surface area contributed by atoms with E-state index >= 15 is 0 Å². The van der Waals surface area contributed by atoms with Crippen LogP contribution in [0.3, 0.4) is 0 Å². The lowest BCUT2D eigenvalue weighted by atomic mass is 10.2. The highest BCUT2D eigenvalue weighted by Crippen LogP contribution is 2.09. The van der Waals surface area contributed by atoms with Crippen LogP contribution in [0.1, 0.15) is 18.4 Å². The van der Waals surface area contributed by atoms with Crippen LogP contribution in [0, 0.1) is 0 Å². The Hall–Kier alpha value is -3.49. The van der Waals surface area contributed by atoms with Crippen molar-refractivity contribution >= 4 is 17.8 Å². The number of carbonyl (C=O) groups is 3. The van der Waals surface area contributed by atoms with E-state index in [1.807, 2.05) is 30.3 Å². The van der Waals surface area contributed by atoms with Gasteiger partial charge in [0.05, 0.1) is 6.54 Å². The maximum absolute atomic E-state index is 12.5. The second-order valence-corrected chi connectivity index (χ2v) is 6.34. The summed E-state index contributed by atoms with van der Waals surface area (Å²) >= 11 is 0. The standard InChI is InChI=1S/C19H19N3O6/c23-15-7-4-9-21(15)17(25)13-28-18(26)12-22-16(24)8-10-20(19(22)27)11-14-5-2-1-3-6-14/h1-3,5-6,8,10H,4,7,9,11-13H2. The Morgan fingerprint density at radius 1 is 1.04 bits per heavy atom. The topological polar surface area (TPSA) is 108 Å². The Morgan fingerprint density at radius 2 is 1.79 bits per heavy atom. The highest BCUT2D eigenvalue weighted by molar-refractivity contribution is 5.97. The smallest absolute Gasteiger partial charge is 0.331 e. The summed E-state index contributed by atoms with van der Waals surface area (Å²) in [5.74, 6) is -1.82. The highest BCUT2D eigenvalue weighted by Gasteiger charge is 2.27. The number of benzene rings is 1. The molecule has 28 heavy (non-hydrogen) atoms. The first-order chi connectivity index (χ1) is 13.5. The van der Waals surface area contributed by atoms with Gasteiger partial charge in [0, 0.05) is 25.2 Å². The molecule has 2 heterocycles. The van der Waals surface area contributed by atoms with Crippen LogP contribution < -0.4 is 11.2 Å². The number of esters is 1. The van der Waals surface area contributed by atoms with Gasteiger partial charge in [-0.15, -0.1) is 0 Å². The fourth-order valence-corrected chi connectivity index (χ4v) is 2.91. The molecule has 1 saturated heterocycles. The third kappa shape index (κ3) is 4.43. The summed E-state index contributed by atoms with van der Waals surface area (Å²) in [6.45, 7) is -0.680. The second-order valence-electron chi connectivity index (χ2n) is 6.34. The lowest BCUT2D eigenvalue weighted by Crippen LogP contribution is -2.42. The number of amides is 2. The van der Waals surface area contributed by atoms with Gasteiger partial charge in [-0.1, -0.05) is 30.3 Å². The molecule has 1 aliphatic rings. The average molecular weight is 385 g/mol. The minimum atomic E-state index is -0.906. The van der Waals surface area contributed by atoms with Gasteiger partial charge in [-0.25, -0.2) is 9.36 Å². The maximum Gasteiger partial charge on any atom is 0.331 e. The summed E-state index contributed by atoms with van der Waals surface area (Å²) in [6, 6.07) is 10.4. The molecule has 1 aliphatic heterocycles. The fourth-order valence-electron chi connectivity index (χ4n) is 2.91. The van der Waals surface area contributed by atoms with E-state index in [9.17, 15) is 24.0 Å². The molecule has 0 bridgehead atoms. The van der Waals surface area contributed by atoms with E-state index in [1.165, 1.54) is 16.8 Å².